The highest BCUT2D eigenvalue weighted by molar-refractivity contribution is 6.44. The fraction of sp³-hybridized carbons (Fsp3) is 0. The van der Waals surface area contributed by atoms with Gasteiger partial charge in [-0.05, 0) is 36.4 Å². The minimum Gasteiger partial charge on any atom is -0.508 e. The van der Waals surface area contributed by atoms with Gasteiger partial charge in [0.2, 0.25) is 0 Å². The molecule has 0 fully saturated rings. The monoisotopic (exact) mass is 278 g/mol. The van der Waals surface area contributed by atoms with E-state index in [1.54, 1.807) is 30.3 Å². The maximum atomic E-state index is 9.25. The number of hydrogen-bond donors (Lipinski definition) is 2. The molecule has 0 saturated heterocycles. The molecule has 1 aromatic heterocycles. The lowest BCUT2D eigenvalue weighted by molar-refractivity contribution is 0.475. The number of nitrogens with zero attached hydrogens (tertiary/aromatic N) is 1. The Morgan fingerprint density at radius 1 is 1.00 bits per heavy atom. The van der Waals surface area contributed by atoms with E-state index in [4.69, 9.17) is 23.2 Å². The molecule has 0 radical (unpaired) electrons. The van der Waals surface area contributed by atoms with Crippen LogP contribution in [0.15, 0.2) is 36.4 Å². The number of aromatic nitrogens is 2. The minimum atomic E-state index is 0.218. The number of phenols is 1. The summed E-state index contributed by atoms with van der Waals surface area (Å²) in [4.78, 5) is 7.58. The van der Waals surface area contributed by atoms with E-state index in [1.165, 1.54) is 0 Å². The van der Waals surface area contributed by atoms with Crippen molar-refractivity contribution in [1.82, 2.24) is 9.97 Å². The first-order valence-electron chi connectivity index (χ1n) is 5.28. The molecule has 90 valence electrons. The summed E-state index contributed by atoms with van der Waals surface area (Å²) >= 11 is 12.0. The van der Waals surface area contributed by atoms with Gasteiger partial charge in [-0.15, -0.1) is 0 Å². The normalized spacial score (nSPS) is 11.0. The number of aromatic hydroxyl groups is 1. The lowest BCUT2D eigenvalue weighted by Gasteiger charge is -1.95. The van der Waals surface area contributed by atoms with Gasteiger partial charge in [0.15, 0.2) is 0 Å². The quantitative estimate of drug-likeness (QED) is 0.699. The van der Waals surface area contributed by atoms with E-state index in [1.807, 2.05) is 6.07 Å². The van der Waals surface area contributed by atoms with Crippen LogP contribution in [0.1, 0.15) is 0 Å². The minimum absolute atomic E-state index is 0.218. The zero-order valence-corrected chi connectivity index (χ0v) is 10.6. The number of phenolic OH excluding ortho intramolecular Hbond substituents is 1. The molecule has 0 amide bonds. The van der Waals surface area contributed by atoms with Crippen LogP contribution in [0.4, 0.5) is 0 Å². The van der Waals surface area contributed by atoms with Gasteiger partial charge in [-0.1, -0.05) is 23.2 Å². The number of nitrogens with one attached hydrogen (secondary N) is 1. The number of H-pyrrole nitrogens is 1. The van der Waals surface area contributed by atoms with Crippen molar-refractivity contribution < 1.29 is 5.11 Å². The summed E-state index contributed by atoms with van der Waals surface area (Å²) in [7, 11) is 0. The first kappa shape index (κ1) is 11.4. The SMILES string of the molecule is Oc1ccc(-c2nc3c(Cl)c(Cl)ccc3[nH]2)cc1. The number of aromatic amines is 1. The Hall–Kier alpha value is -1.71. The van der Waals surface area contributed by atoms with Gasteiger partial charge in [0, 0.05) is 5.56 Å². The van der Waals surface area contributed by atoms with E-state index in [0.717, 1.165) is 11.1 Å². The van der Waals surface area contributed by atoms with Crippen molar-refractivity contribution in [2.75, 3.05) is 0 Å². The molecule has 1 heterocycles. The molecule has 0 unspecified atom stereocenters. The molecule has 3 aromatic rings. The Balaban J connectivity index is 2.19. The predicted octanol–water partition coefficient (Wildman–Crippen LogP) is 4.24. The van der Waals surface area contributed by atoms with Crippen LogP contribution in [0.25, 0.3) is 22.4 Å². The van der Waals surface area contributed by atoms with E-state index >= 15 is 0 Å². The number of benzene rings is 2. The van der Waals surface area contributed by atoms with Crippen LogP contribution in [0, 0.1) is 0 Å². The summed E-state index contributed by atoms with van der Waals surface area (Å²) < 4.78 is 0. The molecule has 0 aliphatic rings. The highest BCUT2D eigenvalue weighted by Crippen LogP contribution is 2.31. The van der Waals surface area contributed by atoms with Crippen LogP contribution >= 0.6 is 23.2 Å². The third kappa shape index (κ3) is 1.82. The van der Waals surface area contributed by atoms with Crippen molar-refractivity contribution in [3.05, 3.63) is 46.4 Å². The molecule has 18 heavy (non-hydrogen) atoms. The largest absolute Gasteiger partial charge is 0.508 e. The summed E-state index contributed by atoms with van der Waals surface area (Å²) in [6.07, 6.45) is 0. The molecule has 0 atom stereocenters. The average molecular weight is 279 g/mol. The van der Waals surface area contributed by atoms with Gasteiger partial charge < -0.3 is 10.1 Å². The van der Waals surface area contributed by atoms with Crippen molar-refractivity contribution in [3.63, 3.8) is 0 Å². The van der Waals surface area contributed by atoms with Crippen LogP contribution in [0.2, 0.25) is 10.0 Å². The van der Waals surface area contributed by atoms with Crippen LogP contribution in [0.3, 0.4) is 0 Å². The summed E-state index contributed by atoms with van der Waals surface area (Å²) in [5.41, 5.74) is 2.34. The third-order valence-corrected chi connectivity index (χ3v) is 3.48. The second kappa shape index (κ2) is 4.19. The van der Waals surface area contributed by atoms with Crippen LogP contribution in [-0.2, 0) is 0 Å². The molecule has 0 aliphatic heterocycles. The van der Waals surface area contributed by atoms with Crippen LogP contribution in [0.5, 0.6) is 5.75 Å². The molecule has 0 bridgehead atoms. The lowest BCUT2D eigenvalue weighted by atomic mass is 10.2. The zero-order valence-electron chi connectivity index (χ0n) is 9.11. The van der Waals surface area contributed by atoms with E-state index in [0.29, 0.717) is 21.4 Å². The Morgan fingerprint density at radius 3 is 2.44 bits per heavy atom. The summed E-state index contributed by atoms with van der Waals surface area (Å²) in [6.45, 7) is 0. The van der Waals surface area contributed by atoms with Gasteiger partial charge in [0.1, 0.15) is 17.1 Å². The Labute approximate surface area is 113 Å². The fourth-order valence-corrected chi connectivity index (χ4v) is 2.13. The molecule has 0 aliphatic carbocycles. The van der Waals surface area contributed by atoms with Crippen LogP contribution < -0.4 is 0 Å². The molecule has 2 N–H and O–H groups in total. The molecule has 5 heteroatoms. The highest BCUT2D eigenvalue weighted by Gasteiger charge is 2.10. The summed E-state index contributed by atoms with van der Waals surface area (Å²) in [5, 5.41) is 10.2. The number of hydrogen-bond acceptors (Lipinski definition) is 2. The van der Waals surface area contributed by atoms with Crippen LogP contribution in [-0.4, -0.2) is 15.1 Å². The highest BCUT2D eigenvalue weighted by atomic mass is 35.5. The number of imidazole rings is 1. The van der Waals surface area contributed by atoms with Gasteiger partial charge in [-0.3, -0.25) is 0 Å². The first-order valence-corrected chi connectivity index (χ1v) is 6.04. The number of rotatable bonds is 1. The van der Waals surface area contributed by atoms with Crippen molar-refractivity contribution in [1.29, 1.82) is 0 Å². The molecule has 3 nitrogen and oxygen atoms in total. The smallest absolute Gasteiger partial charge is 0.138 e. The van der Waals surface area contributed by atoms with Gasteiger partial charge in [-0.25, -0.2) is 4.98 Å². The summed E-state index contributed by atoms with van der Waals surface area (Å²) in [6, 6.07) is 10.3. The molecular formula is C13H8Cl2N2O. The number of fused-ring (bicyclic) bond motifs is 1. The standard InChI is InChI=1S/C13H8Cl2N2O/c14-9-5-6-10-12(11(9)15)17-13(16-10)7-1-3-8(18)4-2-7/h1-6,18H,(H,16,17). The van der Waals surface area contributed by atoms with Crippen molar-refractivity contribution in [2.24, 2.45) is 0 Å². The lowest BCUT2D eigenvalue weighted by Crippen LogP contribution is -1.78. The molecular weight excluding hydrogens is 271 g/mol. The second-order valence-corrected chi connectivity index (χ2v) is 4.67. The van der Waals surface area contributed by atoms with E-state index in [2.05, 4.69) is 9.97 Å². The molecule has 2 aromatic carbocycles. The number of halogens is 2. The van der Waals surface area contributed by atoms with Gasteiger partial charge >= 0.3 is 0 Å². The van der Waals surface area contributed by atoms with Crippen molar-refractivity contribution in [2.45, 2.75) is 0 Å². The molecule has 3 rings (SSSR count). The predicted molar refractivity (Wildman–Crippen MR) is 73.2 cm³/mol. The fourth-order valence-electron chi connectivity index (χ4n) is 1.77. The Kier molecular flexibility index (Phi) is 2.65. The average Bonchev–Trinajstić information content (AvgIpc) is 2.80. The third-order valence-electron chi connectivity index (χ3n) is 2.69. The maximum Gasteiger partial charge on any atom is 0.138 e. The first-order chi connectivity index (χ1) is 8.65. The Morgan fingerprint density at radius 2 is 1.72 bits per heavy atom. The van der Waals surface area contributed by atoms with Gasteiger partial charge in [0.25, 0.3) is 0 Å². The topological polar surface area (TPSA) is 48.9 Å². The van der Waals surface area contributed by atoms with Crippen molar-refractivity contribution in [3.8, 4) is 17.1 Å². The van der Waals surface area contributed by atoms with Gasteiger partial charge in [0.05, 0.1) is 15.6 Å². The second-order valence-electron chi connectivity index (χ2n) is 3.89. The van der Waals surface area contributed by atoms with E-state index < -0.39 is 0 Å². The van der Waals surface area contributed by atoms with E-state index in [-0.39, 0.29) is 5.75 Å². The van der Waals surface area contributed by atoms with E-state index in [9.17, 15) is 5.11 Å². The zero-order chi connectivity index (χ0) is 12.7. The molecule has 0 spiro atoms. The Bertz CT molecular complexity index is 720. The summed E-state index contributed by atoms with van der Waals surface area (Å²) in [5.74, 6) is 0.908. The molecule has 0 saturated carbocycles. The van der Waals surface area contributed by atoms with Crippen molar-refractivity contribution >= 4 is 34.2 Å². The van der Waals surface area contributed by atoms with Gasteiger partial charge in [-0.2, -0.15) is 0 Å². The maximum absolute atomic E-state index is 9.25.